The molecule has 2 aromatic rings. The molecule has 0 radical (unpaired) electrons. The van der Waals surface area contributed by atoms with Crippen molar-refractivity contribution in [3.63, 3.8) is 0 Å². The number of benzene rings is 2. The Bertz CT molecular complexity index is 805. The van der Waals surface area contributed by atoms with E-state index in [4.69, 9.17) is 9.47 Å². The van der Waals surface area contributed by atoms with Gasteiger partial charge in [0.2, 0.25) is 18.6 Å². The van der Waals surface area contributed by atoms with Crippen LogP contribution in [0.2, 0.25) is 0 Å². The zero-order valence-corrected chi connectivity index (χ0v) is 14.7. The number of hydrogen-bond acceptors (Lipinski definition) is 5. The fourth-order valence-electron chi connectivity index (χ4n) is 2.44. The molecule has 1 heterocycles. The van der Waals surface area contributed by atoms with Gasteiger partial charge in [-0.05, 0) is 43.3 Å². The average molecular weight is 355 g/mol. The number of anilines is 3. The van der Waals surface area contributed by atoms with Gasteiger partial charge in [-0.1, -0.05) is 6.92 Å². The lowest BCUT2D eigenvalue weighted by atomic mass is 10.2. The normalized spacial score (nSPS) is 13.0. The molecule has 1 aliphatic heterocycles. The minimum Gasteiger partial charge on any atom is -0.454 e. The summed E-state index contributed by atoms with van der Waals surface area (Å²) >= 11 is 0. The van der Waals surface area contributed by atoms with Crippen LogP contribution in [0.4, 0.5) is 17.1 Å². The Labute approximate surface area is 151 Å². The van der Waals surface area contributed by atoms with Gasteiger partial charge in [-0.15, -0.1) is 0 Å². The van der Waals surface area contributed by atoms with E-state index in [1.54, 1.807) is 44.2 Å². The van der Waals surface area contributed by atoms with E-state index >= 15 is 0 Å². The minimum absolute atomic E-state index is 0.0396. The molecule has 0 spiro atoms. The standard InChI is InChI=1S/C19H21N3O4/c1-3-18(23)21-14-6-4-13(5-7-14)20-12(2)19(24)22-15-8-9-16-17(10-15)26-11-25-16/h4-10,12,20H,3,11H2,1-2H3,(H,21,23)(H,22,24). The highest BCUT2D eigenvalue weighted by molar-refractivity contribution is 5.96. The van der Waals surface area contributed by atoms with E-state index in [1.165, 1.54) is 0 Å². The molecule has 7 nitrogen and oxygen atoms in total. The number of ether oxygens (including phenoxy) is 2. The number of rotatable bonds is 6. The van der Waals surface area contributed by atoms with Crippen molar-refractivity contribution in [2.45, 2.75) is 26.3 Å². The average Bonchev–Trinajstić information content (AvgIpc) is 3.11. The van der Waals surface area contributed by atoms with Gasteiger partial charge in [0, 0.05) is 29.5 Å². The summed E-state index contributed by atoms with van der Waals surface area (Å²) in [5.74, 6) is 1.08. The molecule has 0 aromatic heterocycles. The molecule has 26 heavy (non-hydrogen) atoms. The summed E-state index contributed by atoms with van der Waals surface area (Å²) in [6.45, 7) is 3.76. The lowest BCUT2D eigenvalue weighted by molar-refractivity contribution is -0.117. The van der Waals surface area contributed by atoms with Gasteiger partial charge in [0.25, 0.3) is 0 Å². The number of hydrogen-bond donors (Lipinski definition) is 3. The number of amides is 2. The fraction of sp³-hybridized carbons (Fsp3) is 0.263. The van der Waals surface area contributed by atoms with Gasteiger partial charge in [-0.2, -0.15) is 0 Å². The molecule has 0 bridgehead atoms. The quantitative estimate of drug-likeness (QED) is 0.740. The second-order valence-electron chi connectivity index (χ2n) is 5.90. The topological polar surface area (TPSA) is 88.7 Å². The van der Waals surface area contributed by atoms with E-state index in [2.05, 4.69) is 16.0 Å². The Balaban J connectivity index is 1.56. The van der Waals surface area contributed by atoms with Crippen LogP contribution in [0.15, 0.2) is 42.5 Å². The number of nitrogens with one attached hydrogen (secondary N) is 3. The van der Waals surface area contributed by atoms with Crippen LogP contribution in [-0.4, -0.2) is 24.6 Å². The maximum absolute atomic E-state index is 12.4. The van der Waals surface area contributed by atoms with Gasteiger partial charge in [-0.3, -0.25) is 9.59 Å². The SMILES string of the molecule is CCC(=O)Nc1ccc(NC(C)C(=O)Nc2ccc3c(c2)OCO3)cc1. The van der Waals surface area contributed by atoms with Crippen molar-refractivity contribution in [3.05, 3.63) is 42.5 Å². The Kier molecular flexibility index (Phi) is 5.26. The first-order valence-electron chi connectivity index (χ1n) is 8.42. The highest BCUT2D eigenvalue weighted by atomic mass is 16.7. The van der Waals surface area contributed by atoms with Crippen molar-refractivity contribution in [2.75, 3.05) is 22.7 Å². The van der Waals surface area contributed by atoms with Crippen molar-refractivity contribution in [1.29, 1.82) is 0 Å². The van der Waals surface area contributed by atoms with Crippen LogP contribution < -0.4 is 25.4 Å². The van der Waals surface area contributed by atoms with Crippen molar-refractivity contribution in [1.82, 2.24) is 0 Å². The van der Waals surface area contributed by atoms with Crippen molar-refractivity contribution >= 4 is 28.9 Å². The van der Waals surface area contributed by atoms with Crippen LogP contribution in [-0.2, 0) is 9.59 Å². The number of carbonyl (C=O) groups is 2. The second-order valence-corrected chi connectivity index (χ2v) is 5.90. The van der Waals surface area contributed by atoms with E-state index in [9.17, 15) is 9.59 Å². The predicted molar refractivity (Wildman–Crippen MR) is 99.6 cm³/mol. The smallest absolute Gasteiger partial charge is 0.246 e. The van der Waals surface area contributed by atoms with E-state index in [-0.39, 0.29) is 18.6 Å². The second kappa shape index (κ2) is 7.77. The molecular formula is C19H21N3O4. The number of fused-ring (bicyclic) bond motifs is 1. The summed E-state index contributed by atoms with van der Waals surface area (Å²) in [5.41, 5.74) is 2.15. The molecule has 3 rings (SSSR count). The number of carbonyl (C=O) groups excluding carboxylic acids is 2. The van der Waals surface area contributed by atoms with Crippen LogP contribution in [0.25, 0.3) is 0 Å². The molecule has 2 aromatic carbocycles. The predicted octanol–water partition coefficient (Wildman–Crippen LogP) is 3.20. The molecule has 2 amide bonds. The van der Waals surface area contributed by atoms with Gasteiger partial charge in [0.15, 0.2) is 11.5 Å². The highest BCUT2D eigenvalue weighted by Crippen LogP contribution is 2.34. The third kappa shape index (κ3) is 4.24. The van der Waals surface area contributed by atoms with Crippen LogP contribution >= 0.6 is 0 Å². The largest absolute Gasteiger partial charge is 0.454 e. The maximum atomic E-state index is 12.4. The first kappa shape index (κ1) is 17.6. The molecule has 0 saturated carbocycles. The van der Waals surface area contributed by atoms with Crippen LogP contribution in [0, 0.1) is 0 Å². The van der Waals surface area contributed by atoms with Crippen molar-refractivity contribution in [3.8, 4) is 11.5 Å². The van der Waals surface area contributed by atoms with Gasteiger partial charge in [0.05, 0.1) is 0 Å². The Morgan fingerprint density at radius 1 is 0.962 bits per heavy atom. The molecule has 0 fully saturated rings. The molecular weight excluding hydrogens is 334 g/mol. The third-order valence-electron chi connectivity index (χ3n) is 3.91. The summed E-state index contributed by atoms with van der Waals surface area (Å²) in [5, 5.41) is 8.75. The molecule has 1 unspecified atom stereocenters. The summed E-state index contributed by atoms with van der Waals surface area (Å²) < 4.78 is 10.6. The van der Waals surface area contributed by atoms with Crippen LogP contribution in [0.5, 0.6) is 11.5 Å². The first-order valence-corrected chi connectivity index (χ1v) is 8.42. The minimum atomic E-state index is -0.448. The molecule has 0 aliphatic carbocycles. The Morgan fingerprint density at radius 3 is 2.35 bits per heavy atom. The molecule has 136 valence electrons. The monoisotopic (exact) mass is 355 g/mol. The molecule has 7 heteroatoms. The zero-order chi connectivity index (χ0) is 18.5. The van der Waals surface area contributed by atoms with Gasteiger partial charge in [0.1, 0.15) is 6.04 Å². The van der Waals surface area contributed by atoms with E-state index in [0.29, 0.717) is 23.6 Å². The lowest BCUT2D eigenvalue weighted by Gasteiger charge is -2.16. The Hall–Kier alpha value is -3.22. The summed E-state index contributed by atoms with van der Waals surface area (Å²) in [7, 11) is 0. The highest BCUT2D eigenvalue weighted by Gasteiger charge is 2.16. The molecule has 0 saturated heterocycles. The maximum Gasteiger partial charge on any atom is 0.246 e. The van der Waals surface area contributed by atoms with Gasteiger partial charge < -0.3 is 25.4 Å². The third-order valence-corrected chi connectivity index (χ3v) is 3.91. The summed E-state index contributed by atoms with van der Waals surface area (Å²) in [6, 6.07) is 12.0. The lowest BCUT2D eigenvalue weighted by Crippen LogP contribution is -2.31. The van der Waals surface area contributed by atoms with E-state index in [0.717, 1.165) is 11.4 Å². The Morgan fingerprint density at radius 2 is 1.62 bits per heavy atom. The zero-order valence-electron chi connectivity index (χ0n) is 14.7. The summed E-state index contributed by atoms with van der Waals surface area (Å²) in [4.78, 5) is 23.7. The van der Waals surface area contributed by atoms with Gasteiger partial charge >= 0.3 is 0 Å². The van der Waals surface area contributed by atoms with E-state index in [1.807, 2.05) is 12.1 Å². The molecule has 1 aliphatic rings. The molecule has 3 N–H and O–H groups in total. The van der Waals surface area contributed by atoms with Gasteiger partial charge in [-0.25, -0.2) is 0 Å². The molecule has 1 atom stereocenters. The fourth-order valence-corrected chi connectivity index (χ4v) is 2.44. The van der Waals surface area contributed by atoms with Crippen LogP contribution in [0.3, 0.4) is 0 Å². The van der Waals surface area contributed by atoms with E-state index < -0.39 is 6.04 Å². The van der Waals surface area contributed by atoms with Crippen LogP contribution in [0.1, 0.15) is 20.3 Å². The van der Waals surface area contributed by atoms with Crippen molar-refractivity contribution in [2.24, 2.45) is 0 Å². The van der Waals surface area contributed by atoms with Crippen molar-refractivity contribution < 1.29 is 19.1 Å². The first-order chi connectivity index (χ1) is 12.5. The summed E-state index contributed by atoms with van der Waals surface area (Å²) in [6.07, 6.45) is 0.428.